The number of nitrogens with zero attached hydrogens (tertiary/aromatic N) is 1. The van der Waals surface area contributed by atoms with E-state index >= 15 is 0 Å². The smallest absolute Gasteiger partial charge is 0.320 e. The van der Waals surface area contributed by atoms with E-state index in [0.717, 1.165) is 29.8 Å². The summed E-state index contributed by atoms with van der Waals surface area (Å²) in [4.78, 5) is 13.7. The normalized spacial score (nSPS) is 19.2. The molecule has 1 aliphatic rings. The van der Waals surface area contributed by atoms with Crippen LogP contribution in [0.4, 0.5) is 0 Å². The highest BCUT2D eigenvalue weighted by Gasteiger charge is 2.36. The molecule has 0 aliphatic carbocycles. The topological polar surface area (TPSA) is 49.8 Å². The lowest BCUT2D eigenvalue weighted by Crippen LogP contribution is -2.39. The Hall–Kier alpha value is -2.04. The molecule has 0 spiro atoms. The average Bonchev–Trinajstić information content (AvgIpc) is 3.07. The largest absolute Gasteiger partial charge is 0.497 e. The first-order valence-corrected chi connectivity index (χ1v) is 8.36. The Kier molecular flexibility index (Phi) is 5.07. The van der Waals surface area contributed by atoms with Gasteiger partial charge in [-0.1, -0.05) is 35.9 Å². The van der Waals surface area contributed by atoms with Gasteiger partial charge in [0.05, 0.1) is 13.2 Å². The van der Waals surface area contributed by atoms with Crippen molar-refractivity contribution in [3.63, 3.8) is 0 Å². The van der Waals surface area contributed by atoms with Crippen LogP contribution in [0.1, 0.15) is 30.0 Å². The number of aliphatic carboxylic acids is 1. The number of halogens is 1. The van der Waals surface area contributed by atoms with E-state index in [1.165, 1.54) is 0 Å². The van der Waals surface area contributed by atoms with Gasteiger partial charge in [-0.25, -0.2) is 0 Å². The van der Waals surface area contributed by atoms with Crippen LogP contribution < -0.4 is 4.74 Å². The molecule has 2 unspecified atom stereocenters. The van der Waals surface area contributed by atoms with Gasteiger partial charge < -0.3 is 9.84 Å². The monoisotopic (exact) mass is 345 g/mol. The van der Waals surface area contributed by atoms with Crippen molar-refractivity contribution in [1.29, 1.82) is 0 Å². The molecule has 1 heterocycles. The fourth-order valence-electron chi connectivity index (χ4n) is 3.37. The molecule has 1 saturated heterocycles. The minimum atomic E-state index is -0.764. The van der Waals surface area contributed by atoms with Crippen molar-refractivity contribution in [2.45, 2.75) is 24.9 Å². The molecule has 1 N–H and O–H groups in total. The number of benzene rings is 2. The van der Waals surface area contributed by atoms with Gasteiger partial charge in [0.1, 0.15) is 11.8 Å². The number of carbonyl (C=O) groups is 1. The van der Waals surface area contributed by atoms with Crippen molar-refractivity contribution in [3.8, 4) is 5.75 Å². The minimum absolute atomic E-state index is 0.114. The van der Waals surface area contributed by atoms with Gasteiger partial charge in [-0.3, -0.25) is 9.69 Å². The number of ether oxygens (including phenoxy) is 1. The highest BCUT2D eigenvalue weighted by molar-refractivity contribution is 6.30. The zero-order valence-corrected chi connectivity index (χ0v) is 14.2. The maximum atomic E-state index is 11.7. The van der Waals surface area contributed by atoms with E-state index < -0.39 is 12.0 Å². The molecule has 1 fully saturated rings. The van der Waals surface area contributed by atoms with Crippen LogP contribution >= 0.6 is 11.6 Å². The Morgan fingerprint density at radius 1 is 1.17 bits per heavy atom. The SMILES string of the molecule is COc1ccc(C(c2ccc(Cl)cc2)N2CCCC2C(=O)O)cc1. The van der Waals surface area contributed by atoms with Crippen LogP contribution in [-0.2, 0) is 4.79 Å². The molecular formula is C19H20ClNO3. The highest BCUT2D eigenvalue weighted by atomic mass is 35.5. The number of methoxy groups -OCH3 is 1. The maximum Gasteiger partial charge on any atom is 0.320 e. The van der Waals surface area contributed by atoms with Crippen molar-refractivity contribution in [1.82, 2.24) is 4.90 Å². The second-order valence-corrected chi connectivity index (χ2v) is 6.40. The molecule has 0 amide bonds. The fraction of sp³-hybridized carbons (Fsp3) is 0.316. The van der Waals surface area contributed by atoms with Crippen molar-refractivity contribution >= 4 is 17.6 Å². The number of hydrogen-bond donors (Lipinski definition) is 1. The van der Waals surface area contributed by atoms with Crippen molar-refractivity contribution in [2.24, 2.45) is 0 Å². The summed E-state index contributed by atoms with van der Waals surface area (Å²) in [5.41, 5.74) is 2.09. The molecule has 2 aromatic rings. The summed E-state index contributed by atoms with van der Waals surface area (Å²) in [5, 5.41) is 10.2. The number of likely N-dealkylation sites (tertiary alicyclic amines) is 1. The minimum Gasteiger partial charge on any atom is -0.497 e. The van der Waals surface area contributed by atoms with E-state index in [2.05, 4.69) is 4.90 Å². The Labute approximate surface area is 146 Å². The second kappa shape index (κ2) is 7.24. The quantitative estimate of drug-likeness (QED) is 0.890. The number of carboxylic acids is 1. The third-order valence-corrected chi connectivity index (χ3v) is 4.78. The Balaban J connectivity index is 2.02. The molecular weight excluding hydrogens is 326 g/mol. The third-order valence-electron chi connectivity index (χ3n) is 4.53. The molecule has 0 saturated carbocycles. The van der Waals surface area contributed by atoms with Gasteiger partial charge in [0.2, 0.25) is 0 Å². The van der Waals surface area contributed by atoms with Gasteiger partial charge in [0, 0.05) is 11.6 Å². The van der Waals surface area contributed by atoms with Gasteiger partial charge in [-0.2, -0.15) is 0 Å². The first kappa shape index (κ1) is 16.8. The van der Waals surface area contributed by atoms with Gasteiger partial charge in [0.25, 0.3) is 0 Å². The Bertz CT molecular complexity index is 700. The van der Waals surface area contributed by atoms with Crippen LogP contribution in [0.15, 0.2) is 48.5 Å². The lowest BCUT2D eigenvalue weighted by atomic mass is 9.96. The predicted molar refractivity (Wildman–Crippen MR) is 93.7 cm³/mol. The van der Waals surface area contributed by atoms with E-state index in [4.69, 9.17) is 16.3 Å². The lowest BCUT2D eigenvalue weighted by Gasteiger charge is -2.32. The van der Waals surface area contributed by atoms with E-state index in [1.807, 2.05) is 48.5 Å². The fourth-order valence-corrected chi connectivity index (χ4v) is 3.50. The molecule has 0 radical (unpaired) electrons. The molecule has 2 atom stereocenters. The molecule has 5 heteroatoms. The van der Waals surface area contributed by atoms with Gasteiger partial charge in [-0.05, 0) is 48.2 Å². The van der Waals surface area contributed by atoms with E-state index in [-0.39, 0.29) is 6.04 Å². The molecule has 0 bridgehead atoms. The summed E-state index contributed by atoms with van der Waals surface area (Å²) < 4.78 is 5.23. The summed E-state index contributed by atoms with van der Waals surface area (Å²) in [6.07, 6.45) is 1.56. The first-order chi connectivity index (χ1) is 11.6. The highest BCUT2D eigenvalue weighted by Crippen LogP contribution is 2.35. The predicted octanol–water partition coefficient (Wildman–Crippen LogP) is 3.99. The molecule has 1 aliphatic heterocycles. The second-order valence-electron chi connectivity index (χ2n) is 5.96. The van der Waals surface area contributed by atoms with E-state index in [0.29, 0.717) is 11.4 Å². The molecule has 126 valence electrons. The maximum absolute atomic E-state index is 11.7. The summed E-state index contributed by atoms with van der Waals surface area (Å²) in [6, 6.07) is 14.9. The first-order valence-electron chi connectivity index (χ1n) is 7.98. The lowest BCUT2D eigenvalue weighted by molar-refractivity contribution is -0.142. The van der Waals surface area contributed by atoms with Crippen LogP contribution in [0.2, 0.25) is 5.02 Å². The third kappa shape index (κ3) is 3.40. The number of rotatable bonds is 5. The van der Waals surface area contributed by atoms with Crippen molar-refractivity contribution in [3.05, 3.63) is 64.7 Å². The Morgan fingerprint density at radius 3 is 2.29 bits per heavy atom. The molecule has 4 nitrogen and oxygen atoms in total. The molecule has 3 rings (SSSR count). The zero-order chi connectivity index (χ0) is 17.1. The molecule has 0 aromatic heterocycles. The average molecular weight is 346 g/mol. The van der Waals surface area contributed by atoms with Crippen LogP contribution in [0.5, 0.6) is 5.75 Å². The summed E-state index contributed by atoms with van der Waals surface area (Å²) in [7, 11) is 1.63. The van der Waals surface area contributed by atoms with Crippen LogP contribution in [-0.4, -0.2) is 35.7 Å². The standard InChI is InChI=1S/C19H20ClNO3/c1-24-16-10-6-14(7-11-16)18(13-4-8-15(20)9-5-13)21-12-2-3-17(21)19(22)23/h4-11,17-18H,2-3,12H2,1H3,(H,22,23). The van der Waals surface area contributed by atoms with Gasteiger partial charge >= 0.3 is 5.97 Å². The summed E-state index contributed by atoms with van der Waals surface area (Å²) >= 11 is 6.02. The van der Waals surface area contributed by atoms with E-state index in [9.17, 15) is 9.90 Å². The molecule has 24 heavy (non-hydrogen) atoms. The number of carboxylic acid groups (broad SMARTS) is 1. The van der Waals surface area contributed by atoms with Gasteiger partial charge in [-0.15, -0.1) is 0 Å². The zero-order valence-electron chi connectivity index (χ0n) is 13.5. The van der Waals surface area contributed by atoms with E-state index in [1.54, 1.807) is 7.11 Å². The molecule has 2 aromatic carbocycles. The Morgan fingerprint density at radius 2 is 1.75 bits per heavy atom. The van der Waals surface area contributed by atoms with Crippen molar-refractivity contribution in [2.75, 3.05) is 13.7 Å². The van der Waals surface area contributed by atoms with Crippen LogP contribution in [0.25, 0.3) is 0 Å². The van der Waals surface area contributed by atoms with Crippen LogP contribution in [0, 0.1) is 0 Å². The number of hydrogen-bond acceptors (Lipinski definition) is 3. The van der Waals surface area contributed by atoms with Crippen LogP contribution in [0.3, 0.4) is 0 Å². The van der Waals surface area contributed by atoms with Crippen molar-refractivity contribution < 1.29 is 14.6 Å². The summed E-state index contributed by atoms with van der Waals surface area (Å²) in [6.45, 7) is 0.760. The van der Waals surface area contributed by atoms with Gasteiger partial charge in [0.15, 0.2) is 0 Å². The summed E-state index contributed by atoms with van der Waals surface area (Å²) in [5.74, 6) is 0.0183.